The van der Waals surface area contributed by atoms with E-state index < -0.39 is 56.0 Å². The van der Waals surface area contributed by atoms with Crippen LogP contribution in [0.15, 0.2) is 0 Å². The second-order valence-electron chi connectivity index (χ2n) is 17.8. The summed E-state index contributed by atoms with van der Waals surface area (Å²) in [4.78, 5) is 70.6. The molecule has 12 heteroatoms. The fourth-order valence-corrected chi connectivity index (χ4v) is 13.0. The molecule has 0 aromatic heterocycles. The minimum absolute atomic E-state index is 0.0480. The Bertz CT molecular complexity index is 1490. The zero-order chi connectivity index (χ0) is 36.8. The number of nitrogens with one attached hydrogen (secondary N) is 1. The maximum absolute atomic E-state index is 14.9. The monoisotopic (exact) mass is 736 g/mol. The van der Waals surface area contributed by atoms with E-state index in [-0.39, 0.29) is 111 Å². The summed E-state index contributed by atoms with van der Waals surface area (Å²) in [5, 5.41) is 2.16. The quantitative estimate of drug-likeness (QED) is 0.295. The van der Waals surface area contributed by atoms with E-state index in [0.717, 1.165) is 32.1 Å². The first-order chi connectivity index (χ1) is 24.0. The van der Waals surface area contributed by atoms with E-state index in [4.69, 9.17) is 0 Å². The molecule has 0 bridgehead atoms. The van der Waals surface area contributed by atoms with Crippen LogP contribution in [0, 0.1) is 34.5 Å². The summed E-state index contributed by atoms with van der Waals surface area (Å²) >= 11 is 0. The summed E-state index contributed by atoms with van der Waals surface area (Å²) < 4.78 is 56.2. The van der Waals surface area contributed by atoms with Gasteiger partial charge in [-0.1, -0.05) is 46.0 Å². The number of Topliss-reactive ketones (excluding diaryl/α,β-unsaturated/α-hetero) is 3. The highest BCUT2D eigenvalue weighted by Crippen LogP contribution is 2.65. The van der Waals surface area contributed by atoms with Crippen LogP contribution in [0.3, 0.4) is 0 Å². The highest BCUT2D eigenvalue weighted by molar-refractivity contribution is 7.92. The number of sulfone groups is 1. The van der Waals surface area contributed by atoms with Crippen LogP contribution in [0.25, 0.3) is 0 Å². The fourth-order valence-electron chi connectivity index (χ4n) is 10.5. The molecule has 6 aliphatic rings. The summed E-state index contributed by atoms with van der Waals surface area (Å²) in [6.45, 7) is 4.49. The molecule has 3 saturated carbocycles. The molecule has 2 amide bonds. The van der Waals surface area contributed by atoms with Gasteiger partial charge in [0.15, 0.2) is 15.6 Å². The van der Waals surface area contributed by atoms with Crippen molar-refractivity contribution in [3.63, 3.8) is 0 Å². The van der Waals surface area contributed by atoms with Crippen molar-refractivity contribution >= 4 is 39.0 Å². The number of carbonyl (C=O) groups is 5. The van der Waals surface area contributed by atoms with Crippen molar-refractivity contribution in [1.82, 2.24) is 10.2 Å². The number of ketones is 3. The molecular weight excluding hydrogens is 678 g/mol. The molecule has 1 N–H and O–H groups in total. The number of alkyl halides is 2. The topological polar surface area (TPSA) is 135 Å². The SMILES string of the molecule is CC1(C)[C@@H]2[C@H]3C(=O)C[C@H](C(=O)C(=O)NC4CC4)CCCCC(F)(F)CCCC[C@H](CC(=O)CC4(C5CCCS5(=O)=O)CCCCC4)C(=O)N3C[C@@H]21. The molecule has 0 spiro atoms. The van der Waals surface area contributed by atoms with Gasteiger partial charge >= 0.3 is 0 Å². The zero-order valence-corrected chi connectivity index (χ0v) is 31.4. The van der Waals surface area contributed by atoms with Crippen molar-refractivity contribution in [2.24, 2.45) is 34.5 Å². The Morgan fingerprint density at radius 1 is 0.843 bits per heavy atom. The lowest BCUT2D eigenvalue weighted by molar-refractivity contribution is -0.146. The second-order valence-corrected chi connectivity index (χ2v) is 20.1. The lowest BCUT2D eigenvalue weighted by Gasteiger charge is -2.41. The second kappa shape index (κ2) is 14.9. The zero-order valence-electron chi connectivity index (χ0n) is 30.6. The van der Waals surface area contributed by atoms with Crippen LogP contribution in [-0.2, 0) is 33.8 Å². The number of rotatable bonds is 8. The predicted octanol–water partition coefficient (Wildman–Crippen LogP) is 6.16. The summed E-state index contributed by atoms with van der Waals surface area (Å²) in [5.74, 6) is -6.79. The van der Waals surface area contributed by atoms with E-state index in [2.05, 4.69) is 19.2 Å². The number of carbonyl (C=O) groups excluding carboxylic acids is 5. The standard InChI is InChI=1S/C39H58F2N2O7S/c1-37(2)29-24-43-33(32(29)37)30(45)22-25(34(46)35(47)42-27-14-15-27)11-4-8-18-39(40,41)19-9-5-12-26(36(43)48)21-28(44)23-38(16-6-3-7-17-38)31-13-10-20-51(31,49)50/h25-27,29,31-33H,3-24H2,1-2H3,(H,42,47)/t25-,26-,29+,31?,32+,33-/m1/s1. The largest absolute Gasteiger partial charge is 0.347 e. The Labute approximate surface area is 302 Å². The summed E-state index contributed by atoms with van der Waals surface area (Å²) in [7, 11) is -3.32. The predicted molar refractivity (Wildman–Crippen MR) is 187 cm³/mol. The van der Waals surface area contributed by atoms with E-state index in [1.54, 1.807) is 4.90 Å². The Hall–Kier alpha value is -2.24. The van der Waals surface area contributed by atoms with Crippen LogP contribution in [0.2, 0.25) is 0 Å². The first-order valence-corrected chi connectivity index (χ1v) is 21.6. The molecule has 0 aromatic carbocycles. The van der Waals surface area contributed by atoms with E-state index >= 15 is 0 Å². The third kappa shape index (κ3) is 8.45. The Morgan fingerprint density at radius 2 is 1.49 bits per heavy atom. The van der Waals surface area contributed by atoms with Gasteiger partial charge in [-0.2, -0.15) is 0 Å². The van der Waals surface area contributed by atoms with E-state index in [1.807, 2.05) is 0 Å². The van der Waals surface area contributed by atoms with E-state index in [0.29, 0.717) is 38.6 Å². The average Bonchev–Trinajstić information content (AvgIpc) is 3.85. The van der Waals surface area contributed by atoms with Crippen molar-refractivity contribution in [1.29, 1.82) is 0 Å². The number of hydrogen-bond donors (Lipinski definition) is 1. The van der Waals surface area contributed by atoms with Gasteiger partial charge in [-0.3, -0.25) is 24.0 Å². The molecule has 0 radical (unpaired) electrons. The Kier molecular flexibility index (Phi) is 11.2. The van der Waals surface area contributed by atoms with Gasteiger partial charge in [-0.05, 0) is 86.9 Å². The van der Waals surface area contributed by atoms with E-state index in [9.17, 15) is 41.2 Å². The van der Waals surface area contributed by atoms with Gasteiger partial charge in [-0.25, -0.2) is 17.2 Å². The highest BCUT2D eigenvalue weighted by atomic mass is 32.2. The number of hydrogen-bond acceptors (Lipinski definition) is 7. The van der Waals surface area contributed by atoms with Gasteiger partial charge in [0.2, 0.25) is 17.6 Å². The third-order valence-electron chi connectivity index (χ3n) is 13.7. The van der Waals surface area contributed by atoms with Gasteiger partial charge in [0, 0.05) is 56.5 Å². The number of piperidine rings is 1. The molecule has 6 fully saturated rings. The van der Waals surface area contributed by atoms with Crippen LogP contribution in [0.5, 0.6) is 0 Å². The van der Waals surface area contributed by atoms with Gasteiger partial charge in [0.25, 0.3) is 5.91 Å². The first kappa shape index (κ1) is 38.5. The average molecular weight is 737 g/mol. The van der Waals surface area contributed by atoms with Crippen LogP contribution in [-0.4, -0.2) is 78.0 Å². The van der Waals surface area contributed by atoms with Crippen molar-refractivity contribution in [2.75, 3.05) is 12.3 Å². The summed E-state index contributed by atoms with van der Waals surface area (Å²) in [6.07, 6.45) is 7.14. The smallest absolute Gasteiger partial charge is 0.287 e. The van der Waals surface area contributed by atoms with Crippen LogP contribution < -0.4 is 5.32 Å². The normalized spacial score (nSPS) is 35.0. The van der Waals surface area contributed by atoms with Gasteiger partial charge in [-0.15, -0.1) is 0 Å². The molecular formula is C39H58F2N2O7S. The lowest BCUT2D eigenvalue weighted by atomic mass is 9.67. The minimum Gasteiger partial charge on any atom is -0.347 e. The van der Waals surface area contributed by atoms with Crippen molar-refractivity contribution in [2.45, 2.75) is 166 Å². The first-order valence-electron chi connectivity index (χ1n) is 19.8. The van der Waals surface area contributed by atoms with Crippen molar-refractivity contribution < 1.29 is 41.2 Å². The molecule has 3 heterocycles. The summed E-state index contributed by atoms with van der Waals surface area (Å²) in [5.41, 5.74) is -0.822. The maximum Gasteiger partial charge on any atom is 0.287 e. The maximum atomic E-state index is 14.9. The molecule has 6 rings (SSSR count). The summed E-state index contributed by atoms with van der Waals surface area (Å²) in [6, 6.07) is -0.823. The molecule has 51 heavy (non-hydrogen) atoms. The van der Waals surface area contributed by atoms with E-state index in [1.165, 1.54) is 0 Å². The van der Waals surface area contributed by atoms with Crippen molar-refractivity contribution in [3.05, 3.63) is 0 Å². The van der Waals surface area contributed by atoms with Gasteiger partial charge < -0.3 is 10.2 Å². The molecule has 3 saturated heterocycles. The lowest BCUT2D eigenvalue weighted by Crippen LogP contribution is -2.49. The van der Waals surface area contributed by atoms with Gasteiger partial charge in [0.1, 0.15) is 5.78 Å². The van der Waals surface area contributed by atoms with Crippen LogP contribution >= 0.6 is 0 Å². The molecule has 0 aromatic rings. The number of nitrogens with zero attached hydrogens (tertiary/aromatic N) is 1. The Balaban J connectivity index is 1.24. The molecule has 286 valence electrons. The van der Waals surface area contributed by atoms with Crippen molar-refractivity contribution in [3.8, 4) is 0 Å². The minimum atomic E-state index is -3.32. The molecule has 3 aliphatic heterocycles. The third-order valence-corrected chi connectivity index (χ3v) is 16.2. The number of halogens is 2. The molecule has 6 atom stereocenters. The van der Waals surface area contributed by atoms with Crippen LogP contribution in [0.1, 0.15) is 142 Å². The number of amides is 2. The van der Waals surface area contributed by atoms with Crippen LogP contribution in [0.4, 0.5) is 8.78 Å². The number of fused-ring (bicyclic) bond motifs is 3. The fraction of sp³-hybridized carbons (Fsp3) is 0.872. The molecule has 1 unspecified atom stereocenters. The molecule has 3 aliphatic carbocycles. The van der Waals surface area contributed by atoms with Gasteiger partial charge in [0.05, 0.1) is 17.0 Å². The Morgan fingerprint density at radius 3 is 2.12 bits per heavy atom. The highest BCUT2D eigenvalue weighted by Gasteiger charge is 2.69. The molecule has 9 nitrogen and oxygen atoms in total.